The van der Waals surface area contributed by atoms with Gasteiger partial charge in [-0.3, -0.25) is 0 Å². The van der Waals surface area contributed by atoms with Gasteiger partial charge in [0.2, 0.25) is 0 Å². The van der Waals surface area contributed by atoms with Crippen molar-refractivity contribution in [3.05, 3.63) is 34.6 Å². The minimum Gasteiger partial charge on any atom is -0.384 e. The van der Waals surface area contributed by atoms with E-state index in [1.165, 1.54) is 31.2 Å². The highest BCUT2D eigenvalue weighted by atomic mass is 19.1. The first-order chi connectivity index (χ1) is 11.0. The molecule has 0 bridgehead atoms. The molecule has 3 unspecified atom stereocenters. The van der Waals surface area contributed by atoms with Gasteiger partial charge in [0.1, 0.15) is 5.82 Å². The summed E-state index contributed by atoms with van der Waals surface area (Å²) >= 11 is 0. The van der Waals surface area contributed by atoms with Crippen LogP contribution < -0.4 is 0 Å². The average Bonchev–Trinajstić information content (AvgIpc) is 3.00. The van der Waals surface area contributed by atoms with Gasteiger partial charge >= 0.3 is 0 Å². The van der Waals surface area contributed by atoms with Crippen molar-refractivity contribution in [2.24, 2.45) is 11.8 Å². The van der Waals surface area contributed by atoms with E-state index < -0.39 is 0 Å². The normalized spacial score (nSPS) is 22.7. The summed E-state index contributed by atoms with van der Waals surface area (Å²) in [4.78, 5) is 0. The fourth-order valence-electron chi connectivity index (χ4n) is 4.23. The van der Waals surface area contributed by atoms with Crippen molar-refractivity contribution >= 4 is 0 Å². The minimum absolute atomic E-state index is 0.0279. The van der Waals surface area contributed by atoms with Gasteiger partial charge < -0.3 is 4.74 Å². The predicted molar refractivity (Wildman–Crippen MR) is 95.6 cm³/mol. The number of rotatable bonds is 7. The number of ether oxygens (including phenoxy) is 1. The van der Waals surface area contributed by atoms with Crippen LogP contribution in [0.3, 0.4) is 0 Å². The second kappa shape index (κ2) is 8.28. The predicted octanol–water partition coefficient (Wildman–Crippen LogP) is 6.07. The van der Waals surface area contributed by atoms with Crippen LogP contribution in [0.15, 0.2) is 12.1 Å². The number of hydrogen-bond acceptors (Lipinski definition) is 1. The van der Waals surface area contributed by atoms with Gasteiger partial charge in [-0.2, -0.15) is 0 Å². The summed E-state index contributed by atoms with van der Waals surface area (Å²) in [5, 5.41) is 0. The summed E-state index contributed by atoms with van der Waals surface area (Å²) < 4.78 is 20.2. The molecule has 1 saturated carbocycles. The molecule has 1 nitrogen and oxygen atoms in total. The Morgan fingerprint density at radius 3 is 2.48 bits per heavy atom. The Labute approximate surface area is 141 Å². The highest BCUT2D eigenvalue weighted by molar-refractivity contribution is 5.38. The van der Waals surface area contributed by atoms with E-state index in [1.807, 2.05) is 0 Å². The molecular formula is C21H33FO. The van der Waals surface area contributed by atoms with Crippen molar-refractivity contribution in [2.45, 2.75) is 71.6 Å². The maximum atomic E-state index is 14.7. The summed E-state index contributed by atoms with van der Waals surface area (Å²) in [5.41, 5.74) is 3.22. The van der Waals surface area contributed by atoms with Gasteiger partial charge in [0.25, 0.3) is 0 Å². The Balaban J connectivity index is 2.41. The monoisotopic (exact) mass is 320 g/mol. The Bertz CT molecular complexity index is 509. The lowest BCUT2D eigenvalue weighted by Crippen LogP contribution is -2.19. The highest BCUT2D eigenvalue weighted by Crippen LogP contribution is 2.43. The van der Waals surface area contributed by atoms with E-state index in [9.17, 15) is 4.39 Å². The third-order valence-electron chi connectivity index (χ3n) is 5.75. The summed E-state index contributed by atoms with van der Waals surface area (Å²) in [6, 6.07) is 4.00. The van der Waals surface area contributed by atoms with Crippen molar-refractivity contribution in [3.63, 3.8) is 0 Å². The van der Waals surface area contributed by atoms with Crippen LogP contribution in [0.1, 0.15) is 81.9 Å². The van der Waals surface area contributed by atoms with E-state index in [0.717, 1.165) is 23.5 Å². The van der Waals surface area contributed by atoms with Crippen LogP contribution in [0, 0.1) is 17.7 Å². The van der Waals surface area contributed by atoms with Crippen molar-refractivity contribution < 1.29 is 9.13 Å². The summed E-state index contributed by atoms with van der Waals surface area (Å²) in [5.74, 6) is 2.12. The van der Waals surface area contributed by atoms with Crippen molar-refractivity contribution in [3.8, 4) is 0 Å². The van der Waals surface area contributed by atoms with Gasteiger partial charge in [-0.05, 0) is 59.8 Å². The van der Waals surface area contributed by atoms with Gasteiger partial charge in [-0.1, -0.05) is 46.6 Å². The summed E-state index contributed by atoms with van der Waals surface area (Å²) in [7, 11) is 1.77. The van der Waals surface area contributed by atoms with E-state index in [-0.39, 0.29) is 5.82 Å². The Morgan fingerprint density at radius 2 is 1.96 bits per heavy atom. The number of benzene rings is 1. The molecule has 0 aromatic heterocycles. The number of halogens is 1. The maximum absolute atomic E-state index is 14.7. The van der Waals surface area contributed by atoms with Gasteiger partial charge in [-0.15, -0.1) is 0 Å². The van der Waals surface area contributed by atoms with Crippen LogP contribution in [0.4, 0.5) is 4.39 Å². The first-order valence-electron chi connectivity index (χ1n) is 9.32. The topological polar surface area (TPSA) is 9.23 Å². The van der Waals surface area contributed by atoms with Crippen molar-refractivity contribution in [1.82, 2.24) is 0 Å². The van der Waals surface area contributed by atoms with E-state index in [4.69, 9.17) is 4.74 Å². The Kier molecular flexibility index (Phi) is 6.64. The molecule has 1 aliphatic rings. The zero-order valence-corrected chi connectivity index (χ0v) is 15.5. The molecule has 0 spiro atoms. The van der Waals surface area contributed by atoms with E-state index >= 15 is 0 Å². The molecule has 0 saturated heterocycles. The first kappa shape index (κ1) is 18.4. The molecule has 23 heavy (non-hydrogen) atoms. The fraction of sp³-hybridized carbons (Fsp3) is 0.714. The molecule has 0 N–H and O–H groups in total. The molecule has 1 fully saturated rings. The molecule has 0 heterocycles. The second-order valence-corrected chi connectivity index (χ2v) is 7.49. The Morgan fingerprint density at radius 1 is 1.22 bits per heavy atom. The van der Waals surface area contributed by atoms with Crippen LogP contribution >= 0.6 is 0 Å². The lowest BCUT2D eigenvalue weighted by Gasteiger charge is -2.27. The van der Waals surface area contributed by atoms with Crippen molar-refractivity contribution in [1.29, 1.82) is 0 Å². The van der Waals surface area contributed by atoms with Gasteiger partial charge in [0.15, 0.2) is 0 Å². The summed E-state index contributed by atoms with van der Waals surface area (Å²) in [6.07, 6.45) is 5.85. The third kappa shape index (κ3) is 4.15. The van der Waals surface area contributed by atoms with Gasteiger partial charge in [0, 0.05) is 13.0 Å². The SMILES string of the molecule is CCc1c(F)cc(C(C)C)cc1C(COC)C1CCC(CC)C1. The zero-order valence-electron chi connectivity index (χ0n) is 15.5. The van der Waals surface area contributed by atoms with Crippen molar-refractivity contribution in [2.75, 3.05) is 13.7 Å². The fourth-order valence-corrected chi connectivity index (χ4v) is 4.23. The van der Waals surface area contributed by atoms with Gasteiger partial charge in [-0.25, -0.2) is 4.39 Å². The summed E-state index contributed by atoms with van der Waals surface area (Å²) in [6.45, 7) is 9.32. The molecule has 2 rings (SSSR count). The number of methoxy groups -OCH3 is 1. The first-order valence-corrected chi connectivity index (χ1v) is 9.32. The quantitative estimate of drug-likeness (QED) is 0.592. The maximum Gasteiger partial charge on any atom is 0.126 e. The molecule has 1 aromatic rings. The molecule has 0 amide bonds. The third-order valence-corrected chi connectivity index (χ3v) is 5.75. The molecule has 2 heteroatoms. The Hall–Kier alpha value is -0.890. The molecular weight excluding hydrogens is 287 g/mol. The second-order valence-electron chi connectivity index (χ2n) is 7.49. The number of hydrogen-bond donors (Lipinski definition) is 0. The molecule has 1 aliphatic carbocycles. The van der Waals surface area contributed by atoms with Crippen LogP contribution in [0.5, 0.6) is 0 Å². The largest absolute Gasteiger partial charge is 0.384 e. The molecule has 1 aromatic carbocycles. The molecule has 3 atom stereocenters. The van der Waals surface area contributed by atoms with Crippen LogP contribution in [0.25, 0.3) is 0 Å². The van der Waals surface area contributed by atoms with E-state index in [1.54, 1.807) is 13.2 Å². The molecule has 0 aliphatic heterocycles. The lowest BCUT2D eigenvalue weighted by molar-refractivity contribution is 0.154. The van der Waals surface area contributed by atoms with Gasteiger partial charge in [0.05, 0.1) is 6.61 Å². The van der Waals surface area contributed by atoms with Crippen LogP contribution in [-0.2, 0) is 11.2 Å². The minimum atomic E-state index is -0.0279. The molecule has 0 radical (unpaired) electrons. The van der Waals surface area contributed by atoms with E-state index in [0.29, 0.717) is 24.4 Å². The van der Waals surface area contributed by atoms with Crippen LogP contribution in [-0.4, -0.2) is 13.7 Å². The highest BCUT2D eigenvalue weighted by Gasteiger charge is 2.32. The molecule has 130 valence electrons. The zero-order chi connectivity index (χ0) is 17.0. The van der Waals surface area contributed by atoms with Crippen LogP contribution in [0.2, 0.25) is 0 Å². The van der Waals surface area contributed by atoms with E-state index in [2.05, 4.69) is 33.8 Å². The lowest BCUT2D eigenvalue weighted by atomic mass is 9.80. The smallest absolute Gasteiger partial charge is 0.126 e. The average molecular weight is 320 g/mol. The standard InChI is InChI=1S/C21H33FO/c1-6-15-8-9-16(10-15)20(13-23-5)19-11-17(14(3)4)12-21(22)18(19)7-2/h11-12,14-16,20H,6-10,13H2,1-5H3.